The summed E-state index contributed by atoms with van der Waals surface area (Å²) >= 11 is 0. The Morgan fingerprint density at radius 1 is 1.12 bits per heavy atom. The van der Waals surface area contributed by atoms with Crippen LogP contribution in [0.15, 0.2) is 60.9 Å². The fourth-order valence-corrected chi connectivity index (χ4v) is 2.82. The smallest absolute Gasteiger partial charge is 0.247 e. The molecule has 25 heavy (non-hydrogen) atoms. The second-order valence-corrected chi connectivity index (χ2v) is 6.12. The van der Waals surface area contributed by atoms with Gasteiger partial charge in [0, 0.05) is 20.0 Å². The van der Waals surface area contributed by atoms with E-state index in [0.29, 0.717) is 13.0 Å². The zero-order valence-corrected chi connectivity index (χ0v) is 14.4. The van der Waals surface area contributed by atoms with Gasteiger partial charge in [0.2, 0.25) is 5.91 Å². The van der Waals surface area contributed by atoms with Crippen LogP contribution in [0.1, 0.15) is 22.7 Å². The number of aromatic nitrogens is 4. The molecule has 0 bridgehead atoms. The molecular weight excluding hydrogens is 314 g/mol. The lowest BCUT2D eigenvalue weighted by atomic mass is 10.0. The van der Waals surface area contributed by atoms with Gasteiger partial charge >= 0.3 is 0 Å². The van der Waals surface area contributed by atoms with Crippen LogP contribution < -0.4 is 0 Å². The third kappa shape index (κ3) is 4.09. The second-order valence-electron chi connectivity index (χ2n) is 6.12. The average Bonchev–Trinajstić information content (AvgIpc) is 3.16. The highest BCUT2D eigenvalue weighted by atomic mass is 16.2. The first-order valence-corrected chi connectivity index (χ1v) is 8.21. The minimum atomic E-state index is -0.466. The molecule has 0 aliphatic carbocycles. The van der Waals surface area contributed by atoms with Crippen molar-refractivity contribution in [2.45, 2.75) is 25.9 Å². The maximum Gasteiger partial charge on any atom is 0.247 e. The van der Waals surface area contributed by atoms with E-state index in [9.17, 15) is 4.79 Å². The average molecular weight is 335 g/mol. The Bertz CT molecular complexity index is 817. The highest BCUT2D eigenvalue weighted by molar-refractivity contribution is 5.80. The summed E-state index contributed by atoms with van der Waals surface area (Å²) in [5.41, 5.74) is 3.37. The number of aryl methyl sites for hydroxylation is 1. The van der Waals surface area contributed by atoms with Gasteiger partial charge in [-0.05, 0) is 34.0 Å². The summed E-state index contributed by atoms with van der Waals surface area (Å²) < 4.78 is 1.53. The van der Waals surface area contributed by atoms with Gasteiger partial charge in [0.1, 0.15) is 12.4 Å². The quantitative estimate of drug-likeness (QED) is 0.694. The highest BCUT2D eigenvalue weighted by Crippen LogP contribution is 2.18. The Morgan fingerprint density at radius 3 is 2.52 bits per heavy atom. The van der Waals surface area contributed by atoms with Crippen LogP contribution in [0.4, 0.5) is 0 Å². The summed E-state index contributed by atoms with van der Waals surface area (Å²) in [6.45, 7) is 2.61. The fourth-order valence-electron chi connectivity index (χ4n) is 2.82. The van der Waals surface area contributed by atoms with Gasteiger partial charge in [-0.3, -0.25) is 4.79 Å². The number of nitrogens with zero attached hydrogens (tertiary/aromatic N) is 5. The molecule has 0 spiro atoms. The van der Waals surface area contributed by atoms with E-state index in [1.54, 1.807) is 4.90 Å². The van der Waals surface area contributed by atoms with Crippen LogP contribution in [0.2, 0.25) is 0 Å². The largest absolute Gasteiger partial charge is 0.340 e. The van der Waals surface area contributed by atoms with Crippen LogP contribution in [0.25, 0.3) is 0 Å². The Balaban J connectivity index is 1.80. The molecular formula is C19H21N5O. The maximum absolute atomic E-state index is 13.1. The molecule has 0 N–H and O–H groups in total. The van der Waals surface area contributed by atoms with Crippen LogP contribution in [0.5, 0.6) is 0 Å². The van der Waals surface area contributed by atoms with Gasteiger partial charge < -0.3 is 4.90 Å². The number of rotatable bonds is 6. The first kappa shape index (κ1) is 16.8. The van der Waals surface area contributed by atoms with Gasteiger partial charge in [0.15, 0.2) is 0 Å². The Morgan fingerprint density at radius 2 is 1.84 bits per heavy atom. The molecule has 1 amide bonds. The second kappa shape index (κ2) is 7.70. The van der Waals surface area contributed by atoms with Crippen LogP contribution in [0.3, 0.4) is 0 Å². The van der Waals surface area contributed by atoms with Crippen molar-refractivity contribution in [2.24, 2.45) is 0 Å². The summed E-state index contributed by atoms with van der Waals surface area (Å²) in [6, 6.07) is 17.5. The number of carbonyl (C=O) groups is 1. The van der Waals surface area contributed by atoms with Gasteiger partial charge in [0.25, 0.3) is 0 Å². The summed E-state index contributed by atoms with van der Waals surface area (Å²) in [4.78, 5) is 14.8. The predicted molar refractivity (Wildman–Crippen MR) is 94.7 cm³/mol. The summed E-state index contributed by atoms with van der Waals surface area (Å²) in [6.07, 6.45) is 2.04. The lowest BCUT2D eigenvalue weighted by Crippen LogP contribution is -2.35. The van der Waals surface area contributed by atoms with Crippen LogP contribution in [-0.2, 0) is 17.8 Å². The van der Waals surface area contributed by atoms with Crippen molar-refractivity contribution >= 4 is 5.91 Å². The van der Waals surface area contributed by atoms with Gasteiger partial charge in [-0.25, -0.2) is 4.68 Å². The molecule has 0 radical (unpaired) electrons. The van der Waals surface area contributed by atoms with E-state index in [0.717, 1.165) is 11.1 Å². The Labute approximate surface area is 147 Å². The van der Waals surface area contributed by atoms with E-state index in [4.69, 9.17) is 0 Å². The third-order valence-corrected chi connectivity index (χ3v) is 4.29. The van der Waals surface area contributed by atoms with E-state index in [1.165, 1.54) is 16.6 Å². The molecule has 0 aliphatic heterocycles. The molecule has 2 aromatic carbocycles. The molecule has 1 unspecified atom stereocenters. The standard InChI is InChI=1S/C19H21N5O/c1-15-8-6-7-11-17(15)13-23(2)19(25)18(24-14-20-21-22-24)12-16-9-4-3-5-10-16/h3-11,14,18H,12-13H2,1-2H3. The molecule has 1 heterocycles. The normalized spacial score (nSPS) is 11.9. The number of likely N-dealkylation sites (N-methyl/N-ethyl adjacent to an activating group) is 1. The fraction of sp³-hybridized carbons (Fsp3) is 0.263. The Hall–Kier alpha value is -3.02. The van der Waals surface area contributed by atoms with Crippen LogP contribution >= 0.6 is 0 Å². The number of amides is 1. The lowest BCUT2D eigenvalue weighted by molar-refractivity contribution is -0.134. The topological polar surface area (TPSA) is 63.9 Å². The van der Waals surface area contributed by atoms with Gasteiger partial charge in [-0.15, -0.1) is 5.10 Å². The van der Waals surface area contributed by atoms with Crippen molar-refractivity contribution in [3.05, 3.63) is 77.6 Å². The third-order valence-electron chi connectivity index (χ3n) is 4.29. The molecule has 3 rings (SSSR count). The number of tetrazole rings is 1. The number of benzene rings is 2. The molecule has 1 atom stereocenters. The van der Waals surface area contributed by atoms with E-state index >= 15 is 0 Å². The maximum atomic E-state index is 13.1. The first-order valence-electron chi connectivity index (χ1n) is 8.21. The summed E-state index contributed by atoms with van der Waals surface area (Å²) in [5.74, 6) is -0.0144. The first-order chi connectivity index (χ1) is 12.1. The molecule has 0 saturated heterocycles. The van der Waals surface area contributed by atoms with E-state index in [-0.39, 0.29) is 5.91 Å². The van der Waals surface area contributed by atoms with Crippen molar-refractivity contribution in [2.75, 3.05) is 7.05 Å². The van der Waals surface area contributed by atoms with Crippen molar-refractivity contribution < 1.29 is 4.79 Å². The minimum absolute atomic E-state index is 0.0144. The van der Waals surface area contributed by atoms with Crippen LogP contribution in [-0.4, -0.2) is 38.1 Å². The molecule has 6 nitrogen and oxygen atoms in total. The number of hydrogen-bond acceptors (Lipinski definition) is 4. The van der Waals surface area contributed by atoms with Gasteiger partial charge in [0.05, 0.1) is 0 Å². The van der Waals surface area contributed by atoms with Crippen molar-refractivity contribution in [3.8, 4) is 0 Å². The van der Waals surface area contributed by atoms with E-state index in [2.05, 4.69) is 28.5 Å². The zero-order valence-electron chi connectivity index (χ0n) is 14.4. The molecule has 6 heteroatoms. The molecule has 128 valence electrons. The Kier molecular flexibility index (Phi) is 5.18. The predicted octanol–water partition coefficient (Wildman–Crippen LogP) is 2.42. The molecule has 0 aliphatic rings. The van der Waals surface area contributed by atoms with Gasteiger partial charge in [-0.2, -0.15) is 0 Å². The zero-order chi connectivity index (χ0) is 17.6. The highest BCUT2D eigenvalue weighted by Gasteiger charge is 2.25. The molecule has 0 fully saturated rings. The number of carbonyl (C=O) groups excluding carboxylic acids is 1. The lowest BCUT2D eigenvalue weighted by Gasteiger charge is -2.24. The molecule has 0 saturated carbocycles. The van der Waals surface area contributed by atoms with Gasteiger partial charge in [-0.1, -0.05) is 54.6 Å². The van der Waals surface area contributed by atoms with E-state index < -0.39 is 6.04 Å². The number of hydrogen-bond donors (Lipinski definition) is 0. The van der Waals surface area contributed by atoms with Crippen LogP contribution in [0, 0.1) is 6.92 Å². The van der Waals surface area contributed by atoms with Crippen molar-refractivity contribution in [3.63, 3.8) is 0 Å². The molecule has 3 aromatic rings. The van der Waals surface area contributed by atoms with Crippen molar-refractivity contribution in [1.29, 1.82) is 0 Å². The summed E-state index contributed by atoms with van der Waals surface area (Å²) in [7, 11) is 1.82. The monoisotopic (exact) mass is 335 g/mol. The minimum Gasteiger partial charge on any atom is -0.340 e. The SMILES string of the molecule is Cc1ccccc1CN(C)C(=O)C(Cc1ccccc1)n1cnnn1. The molecule has 1 aromatic heterocycles. The summed E-state index contributed by atoms with van der Waals surface area (Å²) in [5, 5.41) is 11.3. The van der Waals surface area contributed by atoms with Crippen molar-refractivity contribution in [1.82, 2.24) is 25.1 Å². The van der Waals surface area contributed by atoms with E-state index in [1.807, 2.05) is 55.6 Å².